The zero-order valence-corrected chi connectivity index (χ0v) is 20.0. The largest absolute Gasteiger partial charge is 0.497 e. The zero-order valence-electron chi connectivity index (χ0n) is 19.2. The van der Waals surface area contributed by atoms with Gasteiger partial charge in [-0.25, -0.2) is 4.99 Å². The first-order valence-electron chi connectivity index (χ1n) is 11.4. The highest BCUT2D eigenvalue weighted by Crippen LogP contribution is 2.36. The molecule has 0 spiro atoms. The molecule has 1 aromatic heterocycles. The van der Waals surface area contributed by atoms with Crippen molar-refractivity contribution < 1.29 is 9.53 Å². The van der Waals surface area contributed by atoms with Crippen molar-refractivity contribution in [1.82, 2.24) is 15.5 Å². The highest BCUT2D eigenvalue weighted by atomic mass is 32.1. The Morgan fingerprint density at radius 1 is 1.21 bits per heavy atom. The van der Waals surface area contributed by atoms with E-state index in [1.807, 2.05) is 35.2 Å². The van der Waals surface area contributed by atoms with E-state index in [9.17, 15) is 4.79 Å². The van der Waals surface area contributed by atoms with Gasteiger partial charge in [0, 0.05) is 42.8 Å². The molecule has 1 amide bonds. The average Bonchev–Trinajstić information content (AvgIpc) is 3.29. The van der Waals surface area contributed by atoms with Crippen molar-refractivity contribution in [3.8, 4) is 5.75 Å². The van der Waals surface area contributed by atoms with Crippen LogP contribution < -0.4 is 21.1 Å². The number of nitrogens with zero attached hydrogens (tertiary/aromatic N) is 2. The summed E-state index contributed by atoms with van der Waals surface area (Å²) in [5.41, 5.74) is 9.41. The summed E-state index contributed by atoms with van der Waals surface area (Å²) in [7, 11) is 1.66. The summed E-state index contributed by atoms with van der Waals surface area (Å²) in [4.78, 5) is 20.4. The van der Waals surface area contributed by atoms with E-state index in [1.165, 1.54) is 16.9 Å². The number of carbonyl (C=O) groups excluding carboxylic acids is 1. The second-order valence-corrected chi connectivity index (χ2v) is 9.10. The molecule has 1 aliphatic heterocycles. The van der Waals surface area contributed by atoms with E-state index < -0.39 is 0 Å². The van der Waals surface area contributed by atoms with Crippen LogP contribution in [0.2, 0.25) is 0 Å². The fourth-order valence-corrected chi connectivity index (χ4v) is 5.01. The maximum atomic E-state index is 13.0. The van der Waals surface area contributed by atoms with Crippen molar-refractivity contribution >= 4 is 39.0 Å². The van der Waals surface area contributed by atoms with Crippen LogP contribution in [0.15, 0.2) is 47.5 Å². The number of aryl methyl sites for hydroxylation is 1. The van der Waals surface area contributed by atoms with Crippen LogP contribution in [-0.4, -0.2) is 56.6 Å². The molecule has 4 N–H and O–H groups in total. The van der Waals surface area contributed by atoms with Crippen LogP contribution in [0.4, 0.5) is 5.69 Å². The van der Waals surface area contributed by atoms with Gasteiger partial charge in [0.05, 0.1) is 17.7 Å². The molecular weight excluding hydrogens is 434 g/mol. The minimum absolute atomic E-state index is 0.0938. The molecule has 2 aromatic carbocycles. The topological polar surface area (TPSA) is 92.0 Å². The van der Waals surface area contributed by atoms with Crippen LogP contribution in [0.5, 0.6) is 5.75 Å². The van der Waals surface area contributed by atoms with Gasteiger partial charge >= 0.3 is 0 Å². The van der Waals surface area contributed by atoms with Gasteiger partial charge in [0.25, 0.3) is 5.91 Å². The molecular formula is C25H31N5O2S. The Kier molecular flexibility index (Phi) is 7.47. The van der Waals surface area contributed by atoms with Crippen LogP contribution in [-0.2, 0) is 12.8 Å². The smallest absolute Gasteiger partial charge is 0.264 e. The molecule has 33 heavy (non-hydrogen) atoms. The molecule has 0 bridgehead atoms. The van der Waals surface area contributed by atoms with Crippen molar-refractivity contribution in [1.29, 1.82) is 0 Å². The third-order valence-electron chi connectivity index (χ3n) is 5.86. The van der Waals surface area contributed by atoms with Gasteiger partial charge in [-0.1, -0.05) is 25.1 Å². The lowest BCUT2D eigenvalue weighted by Crippen LogP contribution is -2.46. The number of rotatable bonds is 7. The van der Waals surface area contributed by atoms with Gasteiger partial charge in [-0.2, -0.15) is 0 Å². The maximum Gasteiger partial charge on any atom is 0.264 e. The number of carbonyl (C=O) groups is 1. The Morgan fingerprint density at radius 2 is 1.97 bits per heavy atom. The Hall–Kier alpha value is -3.10. The summed E-state index contributed by atoms with van der Waals surface area (Å²) >= 11 is 1.53. The van der Waals surface area contributed by atoms with E-state index in [0.29, 0.717) is 12.5 Å². The first kappa shape index (κ1) is 23.1. The van der Waals surface area contributed by atoms with Crippen LogP contribution >= 0.6 is 11.3 Å². The lowest BCUT2D eigenvalue weighted by Gasteiger charge is -2.26. The SMILES string of the molecule is CCc1ccc2sc(C(=O)N3CCNCC3)cc2c1/N=C(\N)NCCc1ccc(OC)cc1. The molecule has 0 saturated carbocycles. The van der Waals surface area contributed by atoms with Gasteiger partial charge in [-0.3, -0.25) is 4.79 Å². The van der Waals surface area contributed by atoms with Crippen LogP contribution in [0.25, 0.3) is 10.1 Å². The fraction of sp³-hybridized carbons (Fsp3) is 0.360. The summed E-state index contributed by atoms with van der Waals surface area (Å²) in [6.45, 7) is 5.94. The van der Waals surface area contributed by atoms with Gasteiger partial charge in [0.15, 0.2) is 5.96 Å². The lowest BCUT2D eigenvalue weighted by atomic mass is 10.1. The molecule has 0 radical (unpaired) electrons. The van der Waals surface area contributed by atoms with Gasteiger partial charge in [0.1, 0.15) is 5.75 Å². The molecule has 3 aromatic rings. The van der Waals surface area contributed by atoms with Gasteiger partial charge < -0.3 is 26.0 Å². The summed E-state index contributed by atoms with van der Waals surface area (Å²) in [6.07, 6.45) is 1.66. The number of aliphatic imine (C=N–C) groups is 1. The van der Waals surface area contributed by atoms with Crippen molar-refractivity contribution in [3.63, 3.8) is 0 Å². The number of hydrogen-bond donors (Lipinski definition) is 3. The number of guanidine groups is 1. The van der Waals surface area contributed by atoms with E-state index in [1.54, 1.807) is 7.11 Å². The van der Waals surface area contributed by atoms with Crippen molar-refractivity contribution in [3.05, 3.63) is 58.5 Å². The third kappa shape index (κ3) is 5.46. The van der Waals surface area contributed by atoms with Crippen molar-refractivity contribution in [2.75, 3.05) is 39.8 Å². The number of piperazine rings is 1. The number of nitrogens with one attached hydrogen (secondary N) is 2. The van der Waals surface area contributed by atoms with E-state index in [4.69, 9.17) is 15.5 Å². The number of nitrogens with two attached hydrogens (primary N) is 1. The highest BCUT2D eigenvalue weighted by molar-refractivity contribution is 7.20. The number of benzene rings is 2. The molecule has 0 aliphatic carbocycles. The number of amides is 1. The summed E-state index contributed by atoms with van der Waals surface area (Å²) in [5.74, 6) is 1.32. The van der Waals surface area contributed by atoms with Gasteiger partial charge in [-0.15, -0.1) is 11.3 Å². The average molecular weight is 466 g/mol. The number of ether oxygens (including phenoxy) is 1. The quantitative estimate of drug-likeness (QED) is 0.368. The summed E-state index contributed by atoms with van der Waals surface area (Å²) in [6, 6.07) is 14.2. The van der Waals surface area contributed by atoms with Crippen LogP contribution in [0, 0.1) is 0 Å². The Labute approximate surface area is 198 Å². The van der Waals surface area contributed by atoms with Crippen LogP contribution in [0.1, 0.15) is 27.7 Å². The van der Waals surface area contributed by atoms with E-state index in [2.05, 4.69) is 29.7 Å². The molecule has 1 fully saturated rings. The second kappa shape index (κ2) is 10.7. The standard InChI is InChI=1S/C25H31N5O2S/c1-3-18-6-9-21-20(16-22(33-21)24(31)30-14-12-27-13-15-30)23(18)29-25(26)28-11-10-17-4-7-19(32-2)8-5-17/h4-9,16,27H,3,10-15H2,1-2H3,(H3,26,28,29). The van der Waals surface area contributed by atoms with Crippen molar-refractivity contribution in [2.45, 2.75) is 19.8 Å². The maximum absolute atomic E-state index is 13.0. The molecule has 174 valence electrons. The minimum atomic E-state index is 0.0938. The lowest BCUT2D eigenvalue weighted by molar-refractivity contribution is 0.0741. The number of methoxy groups -OCH3 is 1. The predicted molar refractivity (Wildman–Crippen MR) is 136 cm³/mol. The molecule has 0 unspecified atom stereocenters. The van der Waals surface area contributed by atoms with Crippen molar-refractivity contribution in [2.24, 2.45) is 10.7 Å². The summed E-state index contributed by atoms with van der Waals surface area (Å²) in [5, 5.41) is 7.50. The first-order valence-corrected chi connectivity index (χ1v) is 12.2. The Balaban J connectivity index is 1.51. The first-order chi connectivity index (χ1) is 16.1. The molecule has 1 aliphatic rings. The van der Waals surface area contributed by atoms with E-state index in [-0.39, 0.29) is 5.91 Å². The number of hydrogen-bond acceptors (Lipinski definition) is 5. The number of fused-ring (bicyclic) bond motifs is 1. The van der Waals surface area contributed by atoms with Crippen LogP contribution in [0.3, 0.4) is 0 Å². The summed E-state index contributed by atoms with van der Waals surface area (Å²) < 4.78 is 6.26. The molecule has 0 atom stereocenters. The monoisotopic (exact) mass is 465 g/mol. The fourth-order valence-electron chi connectivity index (χ4n) is 3.98. The zero-order chi connectivity index (χ0) is 23.2. The van der Waals surface area contributed by atoms with E-state index >= 15 is 0 Å². The number of thiophene rings is 1. The van der Waals surface area contributed by atoms with Gasteiger partial charge in [0.2, 0.25) is 0 Å². The third-order valence-corrected chi connectivity index (χ3v) is 6.95. The highest BCUT2D eigenvalue weighted by Gasteiger charge is 2.21. The second-order valence-electron chi connectivity index (χ2n) is 8.01. The molecule has 7 nitrogen and oxygen atoms in total. The Morgan fingerprint density at radius 3 is 2.67 bits per heavy atom. The van der Waals surface area contributed by atoms with E-state index in [0.717, 1.165) is 71.0 Å². The Bertz CT molecular complexity index is 1130. The normalized spacial score (nSPS) is 14.5. The molecule has 4 rings (SSSR count). The predicted octanol–water partition coefficient (Wildman–Crippen LogP) is 3.30. The molecule has 8 heteroatoms. The molecule has 2 heterocycles. The minimum Gasteiger partial charge on any atom is -0.497 e. The van der Waals surface area contributed by atoms with Gasteiger partial charge in [-0.05, 0) is 48.2 Å². The molecule has 1 saturated heterocycles.